The van der Waals surface area contributed by atoms with Crippen LogP contribution in [0.25, 0.3) is 0 Å². The SMILES string of the molecule is CC(=O)OCc1ccc(S(=O)(=O)Oc2ccc(Sc3ccc(OS(=O)(=O)c4ccc(COC(C)=O)cc4)cc3)cc2)cc1.O=S(=O)(Oc1ccc(Sc2ccc(OS(=O)(=O)c3ccc(CBr)cc3)cc2)cc1)c1ccc(CBr)cc1. The quantitative estimate of drug-likeness (QED) is 0.0349. The molecule has 0 aliphatic rings. The number of hydrogen-bond donors (Lipinski definition) is 0. The molecule has 16 nitrogen and oxygen atoms in total. The molecule has 0 saturated heterocycles. The van der Waals surface area contributed by atoms with Crippen molar-refractivity contribution < 1.29 is 69.5 Å². The van der Waals surface area contributed by atoms with Gasteiger partial charge in [0.15, 0.2) is 0 Å². The number of hydrogen-bond acceptors (Lipinski definition) is 18. The van der Waals surface area contributed by atoms with Crippen LogP contribution in [-0.4, -0.2) is 45.6 Å². The predicted octanol–water partition coefficient (Wildman–Crippen LogP) is 12.7. The zero-order chi connectivity index (χ0) is 57.5. The molecule has 0 aliphatic carbocycles. The lowest BCUT2D eigenvalue weighted by Gasteiger charge is -2.10. The normalized spacial score (nSPS) is 11.6. The number of rotatable bonds is 22. The molecule has 0 fully saturated rings. The van der Waals surface area contributed by atoms with Crippen LogP contribution in [0.1, 0.15) is 36.1 Å². The first-order valence-corrected chi connectivity index (χ1v) is 32.9. The minimum Gasteiger partial charge on any atom is -0.461 e. The maximum absolute atomic E-state index is 12.7. The Labute approximate surface area is 489 Å². The molecule has 0 aliphatic heterocycles. The molecule has 0 bridgehead atoms. The molecule has 0 atom stereocenters. The van der Waals surface area contributed by atoms with Gasteiger partial charge in [-0.15, -0.1) is 0 Å². The van der Waals surface area contributed by atoms with Crippen LogP contribution in [0.4, 0.5) is 0 Å². The van der Waals surface area contributed by atoms with E-state index in [1.165, 1.54) is 134 Å². The minimum absolute atomic E-state index is 0.0418. The Balaban J connectivity index is 0.000000234. The molecule has 416 valence electrons. The maximum Gasteiger partial charge on any atom is 0.339 e. The van der Waals surface area contributed by atoms with Gasteiger partial charge >= 0.3 is 52.4 Å². The smallest absolute Gasteiger partial charge is 0.339 e. The number of carbonyl (C=O) groups is 2. The molecule has 8 rings (SSSR count). The lowest BCUT2D eigenvalue weighted by atomic mass is 10.2. The average Bonchev–Trinajstić information content (AvgIpc) is 3.44. The van der Waals surface area contributed by atoms with Crippen LogP contribution in [0.3, 0.4) is 0 Å². The summed E-state index contributed by atoms with van der Waals surface area (Å²) in [6.45, 7) is 2.66. The van der Waals surface area contributed by atoms with E-state index in [9.17, 15) is 43.3 Å². The summed E-state index contributed by atoms with van der Waals surface area (Å²) < 4.78 is 132. The maximum atomic E-state index is 12.7. The lowest BCUT2D eigenvalue weighted by Crippen LogP contribution is -2.10. The average molecular weight is 1330 g/mol. The van der Waals surface area contributed by atoms with Crippen LogP contribution in [0.5, 0.6) is 23.0 Å². The third-order valence-corrected chi connectivity index (χ3v) is 19.0. The first kappa shape index (κ1) is 61.0. The van der Waals surface area contributed by atoms with Gasteiger partial charge in [0.25, 0.3) is 0 Å². The highest BCUT2D eigenvalue weighted by Gasteiger charge is 2.21. The third-order valence-electron chi connectivity index (χ3n) is 10.6. The Hall–Kier alpha value is -6.64. The Morgan fingerprint density at radius 1 is 0.325 bits per heavy atom. The van der Waals surface area contributed by atoms with E-state index in [1.54, 1.807) is 97.1 Å². The fourth-order valence-electron chi connectivity index (χ4n) is 6.59. The second-order valence-corrected chi connectivity index (χ2v) is 26.2. The molecule has 0 heterocycles. The zero-order valence-corrected chi connectivity index (χ0v) is 50.1. The van der Waals surface area contributed by atoms with E-state index >= 15 is 0 Å². The molecule has 0 N–H and O–H groups in total. The largest absolute Gasteiger partial charge is 0.461 e. The molecule has 24 heteroatoms. The van der Waals surface area contributed by atoms with E-state index in [-0.39, 0.29) is 55.8 Å². The van der Waals surface area contributed by atoms with Crippen LogP contribution < -0.4 is 16.7 Å². The first-order chi connectivity index (χ1) is 38.1. The van der Waals surface area contributed by atoms with Gasteiger partial charge < -0.3 is 26.2 Å². The zero-order valence-electron chi connectivity index (χ0n) is 42.0. The molecule has 80 heavy (non-hydrogen) atoms. The molecular formula is C56H46Br2O16S6. The third kappa shape index (κ3) is 18.2. The lowest BCUT2D eigenvalue weighted by molar-refractivity contribution is -0.143. The molecule has 0 aromatic heterocycles. The number of esters is 2. The standard InChI is InChI=1S/C30H26O10S3.C26H20Br2O6S3/c1-21(31)37-19-23-3-15-29(16-4-23)42(33,34)39-25-7-11-27(12-8-25)41-28-13-9-26(10-14-28)40-43(35,36)30-17-5-24(6-18-30)20-38-22(2)32;27-17-19-1-13-25(14-2-19)36(29,30)33-21-5-9-23(10-6-21)35-24-11-7-22(8-12-24)34-37(31,32)26-15-3-20(18-28)4-16-26/h3-18H,19-20H2,1-2H3;1-16H,17-18H2. The highest BCUT2D eigenvalue weighted by atomic mass is 79.9. The Kier molecular flexibility index (Phi) is 21.1. The molecule has 8 aromatic rings. The van der Waals surface area contributed by atoms with Crippen molar-refractivity contribution in [3.63, 3.8) is 0 Å². The summed E-state index contributed by atoms with van der Waals surface area (Å²) in [5.74, 6) is -0.211. The Bertz CT molecular complexity index is 3600. The monoisotopic (exact) mass is 1320 g/mol. The van der Waals surface area contributed by atoms with Crippen LogP contribution in [0.15, 0.2) is 233 Å². The van der Waals surface area contributed by atoms with Crippen LogP contribution in [0.2, 0.25) is 0 Å². The second kappa shape index (κ2) is 27.7. The molecule has 0 unspecified atom stereocenters. The summed E-state index contributed by atoms with van der Waals surface area (Å²) in [7, 11) is -16.0. The van der Waals surface area contributed by atoms with Crippen molar-refractivity contribution in [1.29, 1.82) is 0 Å². The van der Waals surface area contributed by atoms with Crippen molar-refractivity contribution in [3.05, 3.63) is 216 Å². The molecule has 0 spiro atoms. The van der Waals surface area contributed by atoms with Crippen molar-refractivity contribution in [3.8, 4) is 23.0 Å². The Morgan fingerprint density at radius 3 is 0.713 bits per heavy atom. The summed E-state index contributed by atoms with van der Waals surface area (Å²) in [5, 5.41) is 1.27. The van der Waals surface area contributed by atoms with Crippen molar-refractivity contribution in [2.24, 2.45) is 0 Å². The van der Waals surface area contributed by atoms with Gasteiger partial charge in [-0.25, -0.2) is 0 Å². The first-order valence-electron chi connectivity index (χ1n) is 23.4. The van der Waals surface area contributed by atoms with Crippen molar-refractivity contribution in [2.45, 2.75) is 76.9 Å². The van der Waals surface area contributed by atoms with Gasteiger partial charge in [-0.2, -0.15) is 33.7 Å². The molecule has 8 aromatic carbocycles. The van der Waals surface area contributed by atoms with Gasteiger partial charge in [-0.05, 0) is 168 Å². The fourth-order valence-corrected chi connectivity index (χ4v) is 12.7. The minimum atomic E-state index is -4.08. The molecule has 0 radical (unpaired) electrons. The van der Waals surface area contributed by atoms with E-state index in [4.69, 9.17) is 26.2 Å². The number of halogens is 2. The predicted molar refractivity (Wildman–Crippen MR) is 307 cm³/mol. The number of benzene rings is 8. The van der Waals surface area contributed by atoms with Gasteiger partial charge in [-0.1, -0.05) is 104 Å². The number of ether oxygens (including phenoxy) is 2. The van der Waals surface area contributed by atoms with Crippen LogP contribution >= 0.6 is 55.4 Å². The van der Waals surface area contributed by atoms with Crippen molar-refractivity contribution in [1.82, 2.24) is 0 Å². The van der Waals surface area contributed by atoms with Crippen molar-refractivity contribution in [2.75, 3.05) is 0 Å². The molecular weight excluding hydrogens is 1280 g/mol. The summed E-state index contributed by atoms with van der Waals surface area (Å²) in [6, 6.07) is 50.7. The summed E-state index contributed by atoms with van der Waals surface area (Å²) >= 11 is 9.45. The topological polar surface area (TPSA) is 226 Å². The summed E-state index contributed by atoms with van der Waals surface area (Å²) in [5.41, 5.74) is 3.20. The highest BCUT2D eigenvalue weighted by Crippen LogP contribution is 2.34. The number of alkyl halides is 2. The van der Waals surface area contributed by atoms with Crippen LogP contribution in [0, 0.1) is 0 Å². The summed E-state index contributed by atoms with van der Waals surface area (Å²) in [6.07, 6.45) is 0. The van der Waals surface area contributed by atoms with Gasteiger partial charge in [0.1, 0.15) is 55.8 Å². The summed E-state index contributed by atoms with van der Waals surface area (Å²) in [4.78, 5) is 25.2. The van der Waals surface area contributed by atoms with Gasteiger partial charge in [-0.3, -0.25) is 9.59 Å². The van der Waals surface area contributed by atoms with E-state index < -0.39 is 52.4 Å². The fraction of sp³-hybridized carbons (Fsp3) is 0.107. The molecule has 0 amide bonds. The van der Waals surface area contributed by atoms with Gasteiger partial charge in [0, 0.05) is 44.1 Å². The van der Waals surface area contributed by atoms with Crippen molar-refractivity contribution >= 4 is 108 Å². The number of carbonyl (C=O) groups excluding carboxylic acids is 2. The van der Waals surface area contributed by atoms with E-state index in [0.29, 0.717) is 21.8 Å². The molecule has 0 saturated carbocycles. The van der Waals surface area contributed by atoms with Crippen LogP contribution in [-0.2, 0) is 83.4 Å². The van der Waals surface area contributed by atoms with Gasteiger partial charge in [0.05, 0.1) is 0 Å². The van der Waals surface area contributed by atoms with E-state index in [1.807, 2.05) is 0 Å². The second-order valence-electron chi connectivity index (χ2n) is 16.6. The van der Waals surface area contributed by atoms with Gasteiger partial charge in [0.2, 0.25) is 0 Å². The van der Waals surface area contributed by atoms with E-state index in [0.717, 1.165) is 30.7 Å². The highest BCUT2D eigenvalue weighted by molar-refractivity contribution is 9.08. The Morgan fingerprint density at radius 2 is 0.525 bits per heavy atom. The van der Waals surface area contributed by atoms with E-state index in [2.05, 4.69) is 31.9 Å².